The second kappa shape index (κ2) is 12.0. The fourth-order valence-corrected chi connectivity index (χ4v) is 4.50. The molecule has 2 saturated carbocycles. The summed E-state index contributed by atoms with van der Waals surface area (Å²) in [6.07, 6.45) is 18.9. The first-order valence-electron chi connectivity index (χ1n) is 10.7. The van der Waals surface area contributed by atoms with Crippen LogP contribution in [0.3, 0.4) is 0 Å². The molecule has 0 heterocycles. The predicted octanol–water partition coefficient (Wildman–Crippen LogP) is 6.36. The van der Waals surface area contributed by atoms with E-state index < -0.39 is 0 Å². The fourth-order valence-electron chi connectivity index (χ4n) is 4.50. The van der Waals surface area contributed by atoms with Crippen LogP contribution in [0.1, 0.15) is 84.5 Å². The molecule has 0 spiro atoms. The Hall–Kier alpha value is -0.500. The van der Waals surface area contributed by atoms with E-state index in [2.05, 4.69) is 19.9 Å². The van der Waals surface area contributed by atoms with Crippen LogP contribution in [-0.2, 0) is 9.47 Å². The highest BCUT2D eigenvalue weighted by Crippen LogP contribution is 2.41. The Balaban J connectivity index is 1.56. The van der Waals surface area contributed by atoms with Gasteiger partial charge in [0.25, 0.3) is 0 Å². The van der Waals surface area contributed by atoms with E-state index in [-0.39, 0.29) is 0 Å². The summed E-state index contributed by atoms with van der Waals surface area (Å²) in [6, 6.07) is 0. The van der Waals surface area contributed by atoms with Crippen molar-refractivity contribution in [1.29, 1.82) is 0 Å². The zero-order valence-electron chi connectivity index (χ0n) is 16.2. The van der Waals surface area contributed by atoms with Crippen LogP contribution in [0, 0.1) is 23.7 Å². The van der Waals surface area contributed by atoms with Crippen molar-refractivity contribution in [2.45, 2.75) is 84.5 Å². The molecule has 0 aromatic carbocycles. The number of allylic oxidation sites excluding steroid dienone is 1. The molecule has 2 fully saturated rings. The smallest absolute Gasteiger partial charge is 0.0901 e. The maximum atomic E-state index is 5.84. The zero-order valence-corrected chi connectivity index (χ0v) is 16.2. The van der Waals surface area contributed by atoms with Gasteiger partial charge in [-0.25, -0.2) is 0 Å². The highest BCUT2D eigenvalue weighted by molar-refractivity contribution is 4.82. The van der Waals surface area contributed by atoms with Crippen molar-refractivity contribution in [3.8, 4) is 0 Å². The monoisotopic (exact) mass is 336 g/mol. The molecule has 0 amide bonds. The fraction of sp³-hybridized carbons (Fsp3) is 0.909. The molecule has 0 radical (unpaired) electrons. The predicted molar refractivity (Wildman–Crippen MR) is 102 cm³/mol. The molecule has 140 valence electrons. The van der Waals surface area contributed by atoms with Gasteiger partial charge in [0.2, 0.25) is 0 Å². The van der Waals surface area contributed by atoms with Gasteiger partial charge in [-0.05, 0) is 87.9 Å². The molecular formula is C22H40O2. The molecule has 2 rings (SSSR count). The molecule has 0 aromatic heterocycles. The minimum absolute atomic E-state index is 0.797. The van der Waals surface area contributed by atoms with Crippen LogP contribution in [0.15, 0.2) is 12.3 Å². The van der Waals surface area contributed by atoms with Crippen molar-refractivity contribution in [1.82, 2.24) is 0 Å². The largest absolute Gasteiger partial charge is 0.501 e. The van der Waals surface area contributed by atoms with Crippen molar-refractivity contribution in [3.63, 3.8) is 0 Å². The van der Waals surface area contributed by atoms with Gasteiger partial charge >= 0.3 is 0 Å². The summed E-state index contributed by atoms with van der Waals surface area (Å²) in [4.78, 5) is 0. The summed E-state index contributed by atoms with van der Waals surface area (Å²) in [6.45, 7) is 7.30. The van der Waals surface area contributed by atoms with Gasteiger partial charge in [-0.15, -0.1) is 0 Å². The van der Waals surface area contributed by atoms with Crippen LogP contribution in [-0.4, -0.2) is 19.8 Å². The third kappa shape index (κ3) is 7.17. The molecule has 2 heteroatoms. The molecule has 0 bridgehead atoms. The van der Waals surface area contributed by atoms with E-state index in [1.165, 1.54) is 64.2 Å². The molecule has 0 aromatic rings. The van der Waals surface area contributed by atoms with Gasteiger partial charge in [-0.2, -0.15) is 0 Å². The van der Waals surface area contributed by atoms with E-state index in [9.17, 15) is 0 Å². The van der Waals surface area contributed by atoms with E-state index in [0.717, 1.165) is 49.9 Å². The third-order valence-electron chi connectivity index (χ3n) is 6.21. The lowest BCUT2D eigenvalue weighted by Gasteiger charge is -2.37. The van der Waals surface area contributed by atoms with Crippen LogP contribution in [0.4, 0.5) is 0 Å². The van der Waals surface area contributed by atoms with Gasteiger partial charge in [-0.1, -0.05) is 26.3 Å². The maximum Gasteiger partial charge on any atom is 0.0901 e. The van der Waals surface area contributed by atoms with Gasteiger partial charge in [0.1, 0.15) is 0 Å². The molecule has 0 saturated heterocycles. The van der Waals surface area contributed by atoms with Gasteiger partial charge in [-0.3, -0.25) is 0 Å². The first-order valence-corrected chi connectivity index (χ1v) is 10.7. The summed E-state index contributed by atoms with van der Waals surface area (Å²) in [5.41, 5.74) is 0. The summed E-state index contributed by atoms with van der Waals surface area (Å²) < 4.78 is 11.5. The van der Waals surface area contributed by atoms with E-state index in [1.54, 1.807) is 0 Å². The maximum absolute atomic E-state index is 5.84. The second-order valence-electron chi connectivity index (χ2n) is 8.10. The summed E-state index contributed by atoms with van der Waals surface area (Å²) in [7, 11) is 0. The number of hydrogen-bond acceptors (Lipinski definition) is 2. The summed E-state index contributed by atoms with van der Waals surface area (Å²) in [5, 5.41) is 0. The van der Waals surface area contributed by atoms with Gasteiger partial charge < -0.3 is 9.47 Å². The van der Waals surface area contributed by atoms with Gasteiger partial charge in [0.05, 0.1) is 12.9 Å². The SMILES string of the molecule is CC/C=C\OCC1CCC([C@H]2CC[C@H](COCCCC)CC2)CC1. The van der Waals surface area contributed by atoms with Crippen LogP contribution >= 0.6 is 0 Å². The molecule has 0 aliphatic heterocycles. The van der Waals surface area contributed by atoms with Crippen molar-refractivity contribution in [2.24, 2.45) is 23.7 Å². The van der Waals surface area contributed by atoms with Crippen molar-refractivity contribution >= 4 is 0 Å². The Morgan fingerprint density at radius 2 is 1.38 bits per heavy atom. The lowest BCUT2D eigenvalue weighted by Crippen LogP contribution is -2.28. The quantitative estimate of drug-likeness (QED) is 0.341. The normalized spacial score (nSPS) is 31.4. The Kier molecular flexibility index (Phi) is 9.87. The molecule has 0 unspecified atom stereocenters. The van der Waals surface area contributed by atoms with E-state index in [4.69, 9.17) is 9.47 Å². The average molecular weight is 337 g/mol. The highest BCUT2D eigenvalue weighted by Gasteiger charge is 2.30. The van der Waals surface area contributed by atoms with Crippen molar-refractivity contribution in [3.05, 3.63) is 12.3 Å². The highest BCUT2D eigenvalue weighted by atomic mass is 16.5. The molecule has 0 atom stereocenters. The molecule has 0 N–H and O–H groups in total. The molecular weight excluding hydrogens is 296 g/mol. The number of rotatable bonds is 10. The second-order valence-corrected chi connectivity index (χ2v) is 8.10. The Labute approximate surface area is 150 Å². The molecule has 2 aliphatic rings. The van der Waals surface area contributed by atoms with E-state index in [1.807, 2.05) is 6.26 Å². The summed E-state index contributed by atoms with van der Waals surface area (Å²) >= 11 is 0. The van der Waals surface area contributed by atoms with E-state index >= 15 is 0 Å². The summed E-state index contributed by atoms with van der Waals surface area (Å²) in [5.74, 6) is 3.63. The van der Waals surface area contributed by atoms with Crippen molar-refractivity contribution < 1.29 is 9.47 Å². The first-order chi connectivity index (χ1) is 11.8. The van der Waals surface area contributed by atoms with Gasteiger partial charge in [0.15, 0.2) is 0 Å². The Bertz CT molecular complexity index is 323. The van der Waals surface area contributed by atoms with Crippen LogP contribution in [0.2, 0.25) is 0 Å². The average Bonchev–Trinajstić information content (AvgIpc) is 2.64. The van der Waals surface area contributed by atoms with E-state index in [0.29, 0.717) is 0 Å². The lowest BCUT2D eigenvalue weighted by atomic mass is 9.69. The Morgan fingerprint density at radius 3 is 1.92 bits per heavy atom. The van der Waals surface area contributed by atoms with Crippen LogP contribution in [0.5, 0.6) is 0 Å². The third-order valence-corrected chi connectivity index (χ3v) is 6.21. The topological polar surface area (TPSA) is 18.5 Å². The number of ether oxygens (including phenoxy) is 2. The molecule has 2 nitrogen and oxygen atoms in total. The molecule has 2 aliphatic carbocycles. The Morgan fingerprint density at radius 1 is 0.792 bits per heavy atom. The van der Waals surface area contributed by atoms with Crippen LogP contribution < -0.4 is 0 Å². The number of unbranched alkanes of at least 4 members (excludes halogenated alkanes) is 1. The van der Waals surface area contributed by atoms with Gasteiger partial charge in [0, 0.05) is 13.2 Å². The minimum Gasteiger partial charge on any atom is -0.501 e. The van der Waals surface area contributed by atoms with Crippen LogP contribution in [0.25, 0.3) is 0 Å². The van der Waals surface area contributed by atoms with Crippen molar-refractivity contribution in [2.75, 3.05) is 19.8 Å². The number of hydrogen-bond donors (Lipinski definition) is 0. The first kappa shape index (κ1) is 19.8. The zero-order chi connectivity index (χ0) is 17.0. The standard InChI is InChI=1S/C22H40O2/c1-3-5-15-23-17-19-7-11-21(12-8-19)22-13-9-20(10-14-22)18-24-16-6-4-2/h5,15,19-22H,3-4,6-14,16-18H2,1-2H3/b15-5-/t19?,20-,21?,22-. The minimum atomic E-state index is 0.797. The molecule has 24 heavy (non-hydrogen) atoms. The lowest BCUT2D eigenvalue weighted by molar-refractivity contribution is 0.0600.